The number of rotatable bonds is 0. The fraction of sp³-hybridized carbons (Fsp3) is 0.750. The summed E-state index contributed by atoms with van der Waals surface area (Å²) in [6.07, 6.45) is 0. The van der Waals surface area contributed by atoms with Gasteiger partial charge in [0.05, 0.1) is 0 Å². The first-order valence-electron chi connectivity index (χ1n) is 1.87. The topological polar surface area (TPSA) is 0 Å². The normalized spacial score (nSPS) is 7.00. The van der Waals surface area contributed by atoms with Gasteiger partial charge in [-0.05, 0) is 8.41 Å². The Morgan fingerprint density at radius 2 is 1.60 bits per heavy atom. The van der Waals surface area contributed by atoms with Gasteiger partial charge in [-0.25, -0.2) is 0 Å². The van der Waals surface area contributed by atoms with Crippen molar-refractivity contribution in [2.24, 2.45) is 0 Å². The summed E-state index contributed by atoms with van der Waals surface area (Å²) in [7, 11) is 0.00103. The summed E-state index contributed by atoms with van der Waals surface area (Å²) >= 11 is 0. The van der Waals surface area contributed by atoms with E-state index in [-0.39, 0.29) is 8.41 Å². The number of hydrogen-bond donors (Lipinski definition) is 0. The summed E-state index contributed by atoms with van der Waals surface area (Å²) in [5.74, 6) is 0. The fourth-order valence-corrected chi connectivity index (χ4v) is 0. The smallest absolute Gasteiger partial charge is 0.00161 e. The highest BCUT2D eigenvalue weighted by Gasteiger charge is 1.63. The second-order valence-electron chi connectivity index (χ2n) is 1.37. The zero-order valence-corrected chi connectivity index (χ0v) is 5.08. The van der Waals surface area contributed by atoms with Gasteiger partial charge in [0.15, 0.2) is 0 Å². The first-order valence-corrected chi connectivity index (χ1v) is 4.44. The van der Waals surface area contributed by atoms with Crippen LogP contribution in [-0.4, -0.2) is 14.1 Å². The molecule has 30 valence electrons. The van der Waals surface area contributed by atoms with Crippen LogP contribution < -0.4 is 0 Å². The fourth-order valence-electron chi connectivity index (χ4n) is 0. The minimum absolute atomic E-state index is 0.00103. The van der Waals surface area contributed by atoms with Crippen molar-refractivity contribution in [3.8, 4) is 0 Å². The van der Waals surface area contributed by atoms with Gasteiger partial charge in [0.1, 0.15) is 0 Å². The maximum Gasteiger partial charge on any atom is -0.00161 e. The van der Waals surface area contributed by atoms with Gasteiger partial charge >= 0.3 is 0 Å². The van der Waals surface area contributed by atoms with Crippen LogP contribution in [-0.2, 0) is 0 Å². The highest BCUT2D eigenvalue weighted by atomic mass is 28.2. The Labute approximate surface area is 35.1 Å². The van der Waals surface area contributed by atoms with Gasteiger partial charge in [-0.15, -0.1) is 5.67 Å². The van der Waals surface area contributed by atoms with Gasteiger partial charge < -0.3 is 0 Å². The molecule has 0 nitrogen and oxygen atoms in total. The minimum Gasteiger partial charge on any atom is -0.107 e. The summed E-state index contributed by atoms with van der Waals surface area (Å²) in [4.78, 5) is 0. The van der Waals surface area contributed by atoms with E-state index in [1.54, 1.807) is 0 Å². The Morgan fingerprint density at radius 3 is 1.60 bits per heavy atom. The van der Waals surface area contributed by atoms with Gasteiger partial charge in [0.25, 0.3) is 0 Å². The molecule has 0 atom stereocenters. The average molecular weight is 86.2 g/mol. The lowest BCUT2D eigenvalue weighted by molar-refractivity contribution is 2.04. The number of hydrogen-bond acceptors (Lipinski definition) is 0. The SMILES string of the molecule is CC=[Si](C)C. The van der Waals surface area contributed by atoms with E-state index in [2.05, 4.69) is 25.7 Å². The first-order chi connectivity index (χ1) is 2.27. The van der Waals surface area contributed by atoms with Gasteiger partial charge in [0.2, 0.25) is 0 Å². The van der Waals surface area contributed by atoms with E-state index in [1.165, 1.54) is 0 Å². The third kappa shape index (κ3) is 4.09. The van der Waals surface area contributed by atoms with Crippen molar-refractivity contribution in [2.45, 2.75) is 20.0 Å². The molecular formula is C4H10Si. The Morgan fingerprint density at radius 1 is 1.40 bits per heavy atom. The van der Waals surface area contributed by atoms with Crippen LogP contribution in [0.15, 0.2) is 0 Å². The van der Waals surface area contributed by atoms with Crippen molar-refractivity contribution in [1.29, 1.82) is 0 Å². The van der Waals surface area contributed by atoms with Crippen molar-refractivity contribution in [3.63, 3.8) is 0 Å². The molecule has 0 N–H and O–H groups in total. The van der Waals surface area contributed by atoms with Crippen LogP contribution in [0.4, 0.5) is 0 Å². The molecule has 0 aromatic rings. The lowest BCUT2D eigenvalue weighted by atomic mass is 11.0. The Balaban J connectivity index is 3.14. The van der Waals surface area contributed by atoms with Crippen LogP contribution in [0, 0.1) is 0 Å². The standard InChI is InChI=1S/C4H10Si/c1-4-5(2)3/h4H,1-3H3. The molecule has 0 aliphatic rings. The molecule has 0 aromatic carbocycles. The van der Waals surface area contributed by atoms with Crippen molar-refractivity contribution in [1.82, 2.24) is 0 Å². The van der Waals surface area contributed by atoms with Crippen LogP contribution in [0.25, 0.3) is 0 Å². The summed E-state index contributed by atoms with van der Waals surface area (Å²) in [5, 5.41) is 0. The largest absolute Gasteiger partial charge is 0.107 e. The Hall–Kier alpha value is 0.0869. The third-order valence-electron chi connectivity index (χ3n) is 0.577. The molecule has 0 aliphatic carbocycles. The molecule has 0 fully saturated rings. The maximum atomic E-state index is 2.27. The molecule has 0 rings (SSSR count). The van der Waals surface area contributed by atoms with E-state index in [0.29, 0.717) is 0 Å². The van der Waals surface area contributed by atoms with E-state index in [9.17, 15) is 0 Å². The van der Waals surface area contributed by atoms with Crippen molar-refractivity contribution in [2.75, 3.05) is 0 Å². The molecule has 5 heavy (non-hydrogen) atoms. The Bertz CT molecular complexity index is 41.6. The monoisotopic (exact) mass is 86.1 g/mol. The van der Waals surface area contributed by atoms with Crippen LogP contribution in [0.2, 0.25) is 13.1 Å². The van der Waals surface area contributed by atoms with Crippen LogP contribution >= 0.6 is 0 Å². The molecule has 0 saturated heterocycles. The summed E-state index contributed by atoms with van der Waals surface area (Å²) < 4.78 is 0. The van der Waals surface area contributed by atoms with Gasteiger partial charge in [0, 0.05) is 0 Å². The van der Waals surface area contributed by atoms with E-state index in [1.807, 2.05) is 0 Å². The maximum absolute atomic E-state index is 2.27. The second-order valence-corrected chi connectivity index (χ2v) is 4.10. The second kappa shape index (κ2) is 2.33. The van der Waals surface area contributed by atoms with E-state index in [4.69, 9.17) is 0 Å². The van der Waals surface area contributed by atoms with Gasteiger partial charge in [-0.1, -0.05) is 20.0 Å². The molecule has 0 radical (unpaired) electrons. The first kappa shape index (κ1) is 5.09. The van der Waals surface area contributed by atoms with Crippen LogP contribution in [0.5, 0.6) is 0 Å². The summed E-state index contributed by atoms with van der Waals surface area (Å²) in [6, 6.07) is 0. The van der Waals surface area contributed by atoms with E-state index >= 15 is 0 Å². The third-order valence-corrected chi connectivity index (χ3v) is 1.73. The molecule has 0 unspecified atom stereocenters. The Kier molecular flexibility index (Phi) is 2.37. The van der Waals surface area contributed by atoms with Crippen molar-refractivity contribution < 1.29 is 0 Å². The molecule has 0 bridgehead atoms. The highest BCUT2D eigenvalue weighted by molar-refractivity contribution is 6.63. The molecular weight excluding hydrogens is 76.1 g/mol. The van der Waals surface area contributed by atoms with Crippen molar-refractivity contribution >= 4 is 14.1 Å². The lowest BCUT2D eigenvalue weighted by Gasteiger charge is -1.71. The predicted molar refractivity (Wildman–Crippen MR) is 29.2 cm³/mol. The molecule has 0 aromatic heterocycles. The minimum atomic E-state index is 0.00103. The molecule has 0 spiro atoms. The van der Waals surface area contributed by atoms with E-state index in [0.717, 1.165) is 0 Å². The zero-order valence-electron chi connectivity index (χ0n) is 4.08. The van der Waals surface area contributed by atoms with E-state index < -0.39 is 0 Å². The van der Waals surface area contributed by atoms with Crippen molar-refractivity contribution in [3.05, 3.63) is 0 Å². The molecule has 1 heteroatoms. The summed E-state index contributed by atoms with van der Waals surface area (Å²) in [5.41, 5.74) is 2.27. The molecule has 0 amide bonds. The lowest BCUT2D eigenvalue weighted by Crippen LogP contribution is -1.83. The summed E-state index contributed by atoms with van der Waals surface area (Å²) in [6.45, 7) is 6.66. The van der Waals surface area contributed by atoms with Gasteiger partial charge in [-0.2, -0.15) is 0 Å². The average Bonchev–Trinajstić information content (AvgIpc) is 1.38. The van der Waals surface area contributed by atoms with Crippen LogP contribution in [0.3, 0.4) is 0 Å². The highest BCUT2D eigenvalue weighted by Crippen LogP contribution is 1.56. The van der Waals surface area contributed by atoms with Crippen LogP contribution in [0.1, 0.15) is 6.92 Å². The van der Waals surface area contributed by atoms with Gasteiger partial charge in [-0.3, -0.25) is 0 Å². The quantitative estimate of drug-likeness (QED) is 0.388. The molecule has 0 saturated carbocycles. The molecule has 0 aliphatic heterocycles. The predicted octanol–water partition coefficient (Wildman–Crippen LogP) is 1.14. The zero-order chi connectivity index (χ0) is 4.28. The molecule has 0 heterocycles.